The van der Waals surface area contributed by atoms with E-state index < -0.39 is 35.1 Å². The van der Waals surface area contributed by atoms with Gasteiger partial charge in [-0.3, -0.25) is 4.79 Å². The first-order valence-corrected chi connectivity index (χ1v) is 5.06. The van der Waals surface area contributed by atoms with E-state index in [9.17, 15) is 14.4 Å². The maximum absolute atomic E-state index is 11.4. The molecule has 1 aliphatic carbocycles. The molecule has 1 rings (SSSR count). The van der Waals surface area contributed by atoms with Gasteiger partial charge in [-0.15, -0.1) is 0 Å². The third-order valence-electron chi connectivity index (χ3n) is 2.36. The predicted octanol–water partition coefficient (Wildman–Crippen LogP) is 0.439. The summed E-state index contributed by atoms with van der Waals surface area (Å²) in [5.41, 5.74) is -2.49. The molecular formula is C10H15NO6. The van der Waals surface area contributed by atoms with E-state index in [0.29, 0.717) is 0 Å². The van der Waals surface area contributed by atoms with Crippen molar-refractivity contribution in [1.82, 2.24) is 5.32 Å². The Balaban J connectivity index is 2.69. The molecule has 1 saturated carbocycles. The molecular weight excluding hydrogens is 230 g/mol. The number of carbonyl (C=O) groups is 3. The Kier molecular flexibility index (Phi) is 3.05. The van der Waals surface area contributed by atoms with Crippen molar-refractivity contribution in [2.45, 2.75) is 38.3 Å². The van der Waals surface area contributed by atoms with Crippen molar-refractivity contribution in [3.05, 3.63) is 0 Å². The van der Waals surface area contributed by atoms with Gasteiger partial charge in [0.2, 0.25) is 0 Å². The summed E-state index contributed by atoms with van der Waals surface area (Å²) in [4.78, 5) is 33.1. The van der Waals surface area contributed by atoms with Gasteiger partial charge in [0.25, 0.3) is 0 Å². The van der Waals surface area contributed by atoms with E-state index in [4.69, 9.17) is 14.9 Å². The number of hydrogen-bond acceptors (Lipinski definition) is 4. The Labute approximate surface area is 97.8 Å². The highest BCUT2D eigenvalue weighted by atomic mass is 16.6. The van der Waals surface area contributed by atoms with Gasteiger partial charge in [-0.1, -0.05) is 0 Å². The summed E-state index contributed by atoms with van der Waals surface area (Å²) in [6.07, 6.45) is -1.06. The van der Waals surface area contributed by atoms with Crippen LogP contribution in [0.2, 0.25) is 0 Å². The molecule has 1 aliphatic rings. The number of carboxylic acids is 2. The van der Waals surface area contributed by atoms with Gasteiger partial charge in [0.05, 0.1) is 5.92 Å². The lowest BCUT2D eigenvalue weighted by molar-refractivity contribution is -0.146. The number of amides is 1. The van der Waals surface area contributed by atoms with Crippen molar-refractivity contribution in [2.75, 3.05) is 0 Å². The van der Waals surface area contributed by atoms with E-state index in [1.165, 1.54) is 0 Å². The molecule has 0 radical (unpaired) electrons. The van der Waals surface area contributed by atoms with E-state index in [0.717, 1.165) is 0 Å². The van der Waals surface area contributed by atoms with Crippen LogP contribution in [0, 0.1) is 5.92 Å². The minimum Gasteiger partial charge on any atom is -0.481 e. The molecule has 0 aromatic carbocycles. The number of hydrogen-bond donors (Lipinski definition) is 3. The number of aliphatic carboxylic acids is 2. The monoisotopic (exact) mass is 245 g/mol. The first kappa shape index (κ1) is 13.3. The number of alkyl carbamates (subject to hydrolysis) is 1. The van der Waals surface area contributed by atoms with E-state index in [2.05, 4.69) is 5.32 Å². The Bertz CT molecular complexity index is 371. The number of carbonyl (C=O) groups excluding carboxylic acids is 1. The molecule has 0 aromatic heterocycles. The quantitative estimate of drug-likeness (QED) is 0.664. The van der Waals surface area contributed by atoms with Crippen LogP contribution >= 0.6 is 0 Å². The third-order valence-corrected chi connectivity index (χ3v) is 2.36. The fourth-order valence-corrected chi connectivity index (χ4v) is 1.47. The van der Waals surface area contributed by atoms with Crippen LogP contribution in [-0.4, -0.2) is 39.4 Å². The van der Waals surface area contributed by atoms with E-state index in [1.54, 1.807) is 20.8 Å². The molecule has 7 heteroatoms. The van der Waals surface area contributed by atoms with Crippen molar-refractivity contribution in [3.63, 3.8) is 0 Å². The van der Waals surface area contributed by atoms with Crippen LogP contribution in [-0.2, 0) is 14.3 Å². The number of ether oxygens (including phenoxy) is 1. The van der Waals surface area contributed by atoms with Crippen LogP contribution in [0.25, 0.3) is 0 Å². The predicted molar refractivity (Wildman–Crippen MR) is 55.5 cm³/mol. The maximum Gasteiger partial charge on any atom is 0.408 e. The molecule has 0 saturated heterocycles. The molecule has 0 bridgehead atoms. The Morgan fingerprint density at radius 1 is 1.29 bits per heavy atom. The lowest BCUT2D eigenvalue weighted by Crippen LogP contribution is -2.47. The highest BCUT2D eigenvalue weighted by molar-refractivity contribution is 5.96. The molecule has 0 spiro atoms. The van der Waals surface area contributed by atoms with Crippen molar-refractivity contribution in [3.8, 4) is 0 Å². The largest absolute Gasteiger partial charge is 0.481 e. The highest BCUT2D eigenvalue weighted by Crippen LogP contribution is 2.44. The average molecular weight is 245 g/mol. The molecule has 7 nitrogen and oxygen atoms in total. The van der Waals surface area contributed by atoms with Crippen molar-refractivity contribution in [2.24, 2.45) is 5.92 Å². The van der Waals surface area contributed by atoms with Crippen molar-refractivity contribution in [1.29, 1.82) is 0 Å². The van der Waals surface area contributed by atoms with Crippen LogP contribution in [0.1, 0.15) is 27.2 Å². The molecule has 2 atom stereocenters. The summed E-state index contributed by atoms with van der Waals surface area (Å²) in [7, 11) is 0. The first-order chi connectivity index (χ1) is 7.58. The molecule has 1 fully saturated rings. The Morgan fingerprint density at radius 3 is 2.12 bits per heavy atom. The van der Waals surface area contributed by atoms with Crippen molar-refractivity contribution >= 4 is 18.0 Å². The van der Waals surface area contributed by atoms with Crippen molar-refractivity contribution < 1.29 is 29.3 Å². The summed E-state index contributed by atoms with van der Waals surface area (Å²) >= 11 is 0. The molecule has 1 amide bonds. The lowest BCUT2D eigenvalue weighted by atomic mass is 10.2. The van der Waals surface area contributed by atoms with Gasteiger partial charge in [-0.25, -0.2) is 9.59 Å². The third kappa shape index (κ3) is 2.86. The number of rotatable bonds is 3. The second-order valence-electron chi connectivity index (χ2n) is 5.00. The van der Waals surface area contributed by atoms with Gasteiger partial charge in [0.1, 0.15) is 5.60 Å². The Hall–Kier alpha value is -1.79. The standard InChI is InChI=1S/C10H15NO6/c1-9(2,3)17-8(16)11-10(7(14)15)4-5(10)6(12)13/h5H,4H2,1-3H3,(H,11,16)(H,12,13)(H,14,15). The van der Waals surface area contributed by atoms with E-state index in [1.807, 2.05) is 0 Å². The highest BCUT2D eigenvalue weighted by Gasteiger charge is 2.66. The molecule has 17 heavy (non-hydrogen) atoms. The van der Waals surface area contributed by atoms with Crippen LogP contribution in [0.5, 0.6) is 0 Å². The Morgan fingerprint density at radius 2 is 1.82 bits per heavy atom. The number of nitrogens with one attached hydrogen (secondary N) is 1. The minimum absolute atomic E-state index is 0.128. The van der Waals surface area contributed by atoms with Gasteiger partial charge in [-0.2, -0.15) is 0 Å². The second-order valence-corrected chi connectivity index (χ2v) is 5.00. The molecule has 96 valence electrons. The summed E-state index contributed by atoms with van der Waals surface area (Å²) in [6.45, 7) is 4.88. The van der Waals surface area contributed by atoms with Crippen LogP contribution < -0.4 is 5.32 Å². The minimum atomic E-state index is -1.73. The van der Waals surface area contributed by atoms with Crippen LogP contribution in [0.4, 0.5) is 4.79 Å². The fourth-order valence-electron chi connectivity index (χ4n) is 1.47. The summed E-state index contributed by atoms with van der Waals surface area (Å²) in [6, 6.07) is 0. The average Bonchev–Trinajstić information content (AvgIpc) is 2.76. The second kappa shape index (κ2) is 3.90. The maximum atomic E-state index is 11.4. The van der Waals surface area contributed by atoms with Gasteiger partial charge in [0.15, 0.2) is 5.54 Å². The SMILES string of the molecule is CC(C)(C)OC(=O)NC1(C(=O)O)CC1C(=O)O. The zero-order valence-electron chi connectivity index (χ0n) is 9.81. The topological polar surface area (TPSA) is 113 Å². The van der Waals surface area contributed by atoms with Gasteiger partial charge >= 0.3 is 18.0 Å². The zero-order chi connectivity index (χ0) is 13.4. The summed E-state index contributed by atoms with van der Waals surface area (Å²) in [5.74, 6) is -3.72. The molecule has 2 unspecified atom stereocenters. The van der Waals surface area contributed by atoms with Gasteiger partial charge in [-0.05, 0) is 27.2 Å². The molecule has 0 heterocycles. The summed E-state index contributed by atoms with van der Waals surface area (Å²) in [5, 5.41) is 19.8. The van der Waals surface area contributed by atoms with Gasteiger partial charge < -0.3 is 20.3 Å². The fraction of sp³-hybridized carbons (Fsp3) is 0.700. The molecule has 0 aliphatic heterocycles. The zero-order valence-corrected chi connectivity index (χ0v) is 9.81. The van der Waals surface area contributed by atoms with E-state index in [-0.39, 0.29) is 6.42 Å². The lowest BCUT2D eigenvalue weighted by Gasteiger charge is -2.22. The van der Waals surface area contributed by atoms with E-state index >= 15 is 0 Å². The smallest absolute Gasteiger partial charge is 0.408 e. The van der Waals surface area contributed by atoms with Crippen LogP contribution in [0.3, 0.4) is 0 Å². The summed E-state index contributed by atoms with van der Waals surface area (Å²) < 4.78 is 4.89. The van der Waals surface area contributed by atoms with Crippen LogP contribution in [0.15, 0.2) is 0 Å². The molecule has 3 N–H and O–H groups in total. The first-order valence-electron chi connectivity index (χ1n) is 5.06. The van der Waals surface area contributed by atoms with Gasteiger partial charge in [0, 0.05) is 0 Å². The normalized spacial score (nSPS) is 27.1. The molecule has 0 aromatic rings. The number of carboxylic acid groups (broad SMARTS) is 2.